The highest BCUT2D eigenvalue weighted by molar-refractivity contribution is 7.88. The van der Waals surface area contributed by atoms with Crippen molar-refractivity contribution in [3.05, 3.63) is 59.7 Å². The highest BCUT2D eigenvalue weighted by Gasteiger charge is 2.36. The fraction of sp³-hybridized carbons (Fsp3) is 0.391. The van der Waals surface area contributed by atoms with Crippen LogP contribution in [0.1, 0.15) is 31.4 Å². The number of hydrogen-bond acceptors (Lipinski definition) is 5. The summed E-state index contributed by atoms with van der Waals surface area (Å²) < 4.78 is 32.0. The lowest BCUT2D eigenvalue weighted by molar-refractivity contribution is -0.126. The lowest BCUT2D eigenvalue weighted by Gasteiger charge is -2.19. The number of anilines is 1. The van der Waals surface area contributed by atoms with Gasteiger partial charge in [0, 0.05) is 25.6 Å². The van der Waals surface area contributed by atoms with E-state index in [1.165, 1.54) is 0 Å². The van der Waals surface area contributed by atoms with E-state index in [0.717, 1.165) is 5.56 Å². The molecule has 0 aliphatic carbocycles. The van der Waals surface area contributed by atoms with Crippen LogP contribution in [0, 0.1) is 5.92 Å². The van der Waals surface area contributed by atoms with Gasteiger partial charge in [-0.2, -0.15) is 0 Å². The number of carbonyl (C=O) groups is 2. The van der Waals surface area contributed by atoms with Gasteiger partial charge in [-0.3, -0.25) is 9.59 Å². The summed E-state index contributed by atoms with van der Waals surface area (Å²) in [5.41, 5.74) is 2.18. The zero-order valence-electron chi connectivity index (χ0n) is 18.5. The van der Waals surface area contributed by atoms with Gasteiger partial charge >= 0.3 is 0 Å². The molecule has 8 nitrogen and oxygen atoms in total. The third kappa shape index (κ3) is 6.08. The largest absolute Gasteiger partial charge is 0.495 e. The Hall–Kier alpha value is -2.91. The van der Waals surface area contributed by atoms with Crippen molar-refractivity contribution in [3.8, 4) is 5.75 Å². The van der Waals surface area contributed by atoms with Gasteiger partial charge in [-0.1, -0.05) is 36.4 Å². The van der Waals surface area contributed by atoms with E-state index in [9.17, 15) is 18.0 Å². The number of amides is 2. The summed E-state index contributed by atoms with van der Waals surface area (Å²) in [7, 11) is -1.84. The van der Waals surface area contributed by atoms with Crippen LogP contribution in [0.25, 0.3) is 0 Å². The summed E-state index contributed by atoms with van der Waals surface area (Å²) in [4.78, 5) is 26.7. The van der Waals surface area contributed by atoms with Crippen molar-refractivity contribution in [1.82, 2.24) is 10.0 Å². The average molecular weight is 460 g/mol. The Kier molecular flexibility index (Phi) is 7.52. The number of nitrogens with zero attached hydrogens (tertiary/aromatic N) is 1. The monoisotopic (exact) mass is 459 g/mol. The number of rotatable bonds is 9. The van der Waals surface area contributed by atoms with Gasteiger partial charge in [0.25, 0.3) is 0 Å². The molecular weight excluding hydrogens is 430 g/mol. The van der Waals surface area contributed by atoms with Crippen molar-refractivity contribution in [3.63, 3.8) is 0 Å². The summed E-state index contributed by atoms with van der Waals surface area (Å²) >= 11 is 0. The third-order valence-electron chi connectivity index (χ3n) is 5.13. The Bertz CT molecular complexity index is 1070. The zero-order chi connectivity index (χ0) is 23.3. The van der Waals surface area contributed by atoms with Gasteiger partial charge < -0.3 is 15.0 Å². The molecule has 1 unspecified atom stereocenters. The van der Waals surface area contributed by atoms with Crippen LogP contribution in [-0.4, -0.2) is 39.9 Å². The Morgan fingerprint density at radius 2 is 1.78 bits per heavy atom. The first-order valence-corrected chi connectivity index (χ1v) is 12.1. The molecule has 2 aromatic carbocycles. The minimum absolute atomic E-state index is 0.0964. The summed E-state index contributed by atoms with van der Waals surface area (Å²) in [6, 6.07) is 14.1. The molecule has 0 saturated carbocycles. The Morgan fingerprint density at radius 1 is 1.12 bits per heavy atom. The SMILES string of the molecule is COc1ccccc1N1CC(C(=O)NCc2ccc(CS(=O)(=O)NC(C)C)cc2)CC1=O. The number of nitrogens with one attached hydrogen (secondary N) is 2. The van der Waals surface area contributed by atoms with E-state index in [0.29, 0.717) is 30.1 Å². The number of carbonyl (C=O) groups excluding carboxylic acids is 2. The molecular formula is C23H29N3O5S. The van der Waals surface area contributed by atoms with Gasteiger partial charge in [0.2, 0.25) is 21.8 Å². The quantitative estimate of drug-likeness (QED) is 0.598. The first-order valence-electron chi connectivity index (χ1n) is 10.5. The van der Waals surface area contributed by atoms with Crippen LogP contribution in [0.15, 0.2) is 48.5 Å². The molecule has 0 spiro atoms. The fourth-order valence-electron chi connectivity index (χ4n) is 3.68. The van der Waals surface area contributed by atoms with Gasteiger partial charge in [-0.05, 0) is 37.1 Å². The van der Waals surface area contributed by atoms with Crippen LogP contribution >= 0.6 is 0 Å². The molecule has 1 aliphatic rings. The first kappa shape index (κ1) is 23.7. The van der Waals surface area contributed by atoms with Gasteiger partial charge in [0.15, 0.2) is 0 Å². The molecule has 1 heterocycles. The second-order valence-electron chi connectivity index (χ2n) is 8.14. The number of benzene rings is 2. The second-order valence-corrected chi connectivity index (χ2v) is 9.90. The second kappa shape index (κ2) is 10.1. The molecule has 0 bridgehead atoms. The van der Waals surface area contributed by atoms with Crippen molar-refractivity contribution < 1.29 is 22.7 Å². The van der Waals surface area contributed by atoms with Gasteiger partial charge in [0.05, 0.1) is 24.5 Å². The lowest BCUT2D eigenvalue weighted by Crippen LogP contribution is -2.32. The third-order valence-corrected chi connectivity index (χ3v) is 6.68. The summed E-state index contributed by atoms with van der Waals surface area (Å²) in [6.45, 7) is 4.15. The summed E-state index contributed by atoms with van der Waals surface area (Å²) in [5, 5.41) is 2.88. The summed E-state index contributed by atoms with van der Waals surface area (Å²) in [6.07, 6.45) is 0.142. The van der Waals surface area contributed by atoms with Crippen molar-refractivity contribution in [2.75, 3.05) is 18.6 Å². The van der Waals surface area contributed by atoms with Crippen LogP contribution < -0.4 is 19.7 Å². The van der Waals surface area contributed by atoms with Crippen LogP contribution in [0.3, 0.4) is 0 Å². The minimum Gasteiger partial charge on any atom is -0.495 e. The fourth-order valence-corrected chi connectivity index (χ4v) is 5.11. The lowest BCUT2D eigenvalue weighted by atomic mass is 10.1. The maximum atomic E-state index is 12.6. The highest BCUT2D eigenvalue weighted by atomic mass is 32.2. The van der Waals surface area contributed by atoms with Crippen molar-refractivity contribution in [2.24, 2.45) is 5.92 Å². The summed E-state index contributed by atoms with van der Waals surface area (Å²) in [5.74, 6) is -0.258. The normalized spacial score (nSPS) is 16.4. The molecule has 1 aliphatic heterocycles. The molecule has 0 radical (unpaired) electrons. The molecule has 2 amide bonds. The van der Waals surface area contributed by atoms with E-state index in [4.69, 9.17) is 4.74 Å². The Morgan fingerprint density at radius 3 is 2.44 bits per heavy atom. The molecule has 9 heteroatoms. The van der Waals surface area contributed by atoms with E-state index in [1.807, 2.05) is 12.1 Å². The predicted octanol–water partition coefficient (Wildman–Crippen LogP) is 2.19. The first-order chi connectivity index (χ1) is 15.2. The van der Waals surface area contributed by atoms with Gasteiger partial charge in [-0.15, -0.1) is 0 Å². The number of para-hydroxylation sites is 2. The average Bonchev–Trinajstić information content (AvgIpc) is 3.13. The Balaban J connectivity index is 1.55. The predicted molar refractivity (Wildman–Crippen MR) is 123 cm³/mol. The number of methoxy groups -OCH3 is 1. The van der Waals surface area contributed by atoms with Crippen LogP contribution in [0.2, 0.25) is 0 Å². The highest BCUT2D eigenvalue weighted by Crippen LogP contribution is 2.32. The molecule has 0 aromatic heterocycles. The molecule has 2 aromatic rings. The van der Waals surface area contributed by atoms with Crippen molar-refractivity contribution >= 4 is 27.5 Å². The molecule has 1 atom stereocenters. The van der Waals surface area contributed by atoms with E-state index in [-0.39, 0.29) is 30.0 Å². The maximum absolute atomic E-state index is 12.6. The van der Waals surface area contributed by atoms with Crippen molar-refractivity contribution in [1.29, 1.82) is 0 Å². The van der Waals surface area contributed by atoms with E-state index < -0.39 is 15.9 Å². The minimum atomic E-state index is -3.39. The smallest absolute Gasteiger partial charge is 0.227 e. The van der Waals surface area contributed by atoms with E-state index >= 15 is 0 Å². The molecule has 3 rings (SSSR count). The molecule has 1 fully saturated rings. The maximum Gasteiger partial charge on any atom is 0.227 e. The van der Waals surface area contributed by atoms with Gasteiger partial charge in [-0.25, -0.2) is 13.1 Å². The topological polar surface area (TPSA) is 105 Å². The van der Waals surface area contributed by atoms with E-state index in [2.05, 4.69) is 10.0 Å². The number of hydrogen-bond donors (Lipinski definition) is 2. The zero-order valence-corrected chi connectivity index (χ0v) is 19.3. The van der Waals surface area contributed by atoms with Crippen LogP contribution in [0.5, 0.6) is 5.75 Å². The van der Waals surface area contributed by atoms with Crippen LogP contribution in [0.4, 0.5) is 5.69 Å². The number of sulfonamides is 1. The molecule has 2 N–H and O–H groups in total. The van der Waals surface area contributed by atoms with E-state index in [1.54, 1.807) is 62.3 Å². The molecule has 1 saturated heterocycles. The van der Waals surface area contributed by atoms with Crippen LogP contribution in [-0.2, 0) is 31.9 Å². The van der Waals surface area contributed by atoms with Crippen molar-refractivity contribution in [2.45, 2.75) is 38.6 Å². The molecule has 172 valence electrons. The van der Waals surface area contributed by atoms with Gasteiger partial charge in [0.1, 0.15) is 5.75 Å². The standard InChI is InChI=1S/C23H29N3O5S/c1-16(2)25-32(29,30)15-18-10-8-17(9-11-18)13-24-23(28)19-12-22(27)26(14-19)20-6-4-5-7-21(20)31-3/h4-11,16,19,25H,12-15H2,1-3H3,(H,24,28). The Labute approximate surface area is 189 Å². The molecule has 32 heavy (non-hydrogen) atoms. The number of ether oxygens (including phenoxy) is 1.